The van der Waals surface area contributed by atoms with Crippen LogP contribution < -0.4 is 5.19 Å². The van der Waals surface area contributed by atoms with Gasteiger partial charge < -0.3 is 8.23 Å². The van der Waals surface area contributed by atoms with E-state index in [0.29, 0.717) is 5.56 Å². The van der Waals surface area contributed by atoms with Crippen molar-refractivity contribution in [3.05, 3.63) is 54.1 Å². The molecule has 138 valence electrons. The molecule has 2 aromatic rings. The first kappa shape index (κ1) is 20.8. The van der Waals surface area contributed by atoms with Crippen LogP contribution in [0.3, 0.4) is 0 Å². The second kappa shape index (κ2) is 7.63. The van der Waals surface area contributed by atoms with Gasteiger partial charge in [0.25, 0.3) is 0 Å². The van der Waals surface area contributed by atoms with Crippen LogP contribution in [0, 0.1) is 11.3 Å². The molecule has 0 saturated carbocycles. The van der Waals surface area contributed by atoms with Gasteiger partial charge in [0.05, 0.1) is 11.6 Å². The Balaban J connectivity index is 2.19. The molecule has 0 unspecified atom stereocenters. The Hall–Kier alpha value is -1.50. The van der Waals surface area contributed by atoms with E-state index in [1.165, 1.54) is 5.19 Å². The van der Waals surface area contributed by atoms with Crippen molar-refractivity contribution in [2.24, 2.45) is 0 Å². The zero-order chi connectivity index (χ0) is 19.6. The van der Waals surface area contributed by atoms with Gasteiger partial charge in [-0.1, -0.05) is 36.4 Å². The standard InChI is InChI=1S/C20H29NO2Si3/c1-24(2,3)22-26(6,7)23-25(4,5)20-14-12-19(13-15-20)18-10-8-17(16-21)9-11-18/h8-15H,1-7H3. The second-order valence-electron chi connectivity index (χ2n) is 8.49. The van der Waals surface area contributed by atoms with E-state index in [-0.39, 0.29) is 0 Å². The maximum absolute atomic E-state index is 8.92. The lowest BCUT2D eigenvalue weighted by Crippen LogP contribution is -2.56. The summed E-state index contributed by atoms with van der Waals surface area (Å²) in [6, 6.07) is 18.5. The monoisotopic (exact) mass is 399 g/mol. The third-order valence-electron chi connectivity index (χ3n) is 3.98. The van der Waals surface area contributed by atoms with E-state index in [1.807, 2.05) is 24.3 Å². The highest BCUT2D eigenvalue weighted by molar-refractivity contribution is 6.93. The first-order chi connectivity index (χ1) is 11.9. The van der Waals surface area contributed by atoms with Gasteiger partial charge in [-0.3, -0.25) is 0 Å². The number of rotatable bonds is 6. The van der Waals surface area contributed by atoms with Crippen LogP contribution in [-0.2, 0) is 8.23 Å². The molecule has 2 rings (SSSR count). The lowest BCUT2D eigenvalue weighted by Gasteiger charge is -2.37. The molecule has 0 fully saturated rings. The van der Waals surface area contributed by atoms with Crippen LogP contribution in [0.25, 0.3) is 11.1 Å². The van der Waals surface area contributed by atoms with Gasteiger partial charge in [0, 0.05) is 0 Å². The molecular formula is C20H29NO2Si3. The highest BCUT2D eigenvalue weighted by atomic mass is 28.5. The predicted molar refractivity (Wildman–Crippen MR) is 117 cm³/mol. The third kappa shape index (κ3) is 5.76. The van der Waals surface area contributed by atoms with Crippen molar-refractivity contribution in [1.82, 2.24) is 0 Å². The summed E-state index contributed by atoms with van der Waals surface area (Å²) in [5, 5.41) is 10.2. The fourth-order valence-corrected chi connectivity index (χ4v) is 16.0. The van der Waals surface area contributed by atoms with E-state index >= 15 is 0 Å². The molecule has 0 aliphatic rings. The number of hydrogen-bond acceptors (Lipinski definition) is 3. The van der Waals surface area contributed by atoms with Crippen molar-refractivity contribution in [2.75, 3.05) is 0 Å². The average molecular weight is 400 g/mol. The molecule has 0 amide bonds. The smallest absolute Gasteiger partial charge is 0.311 e. The van der Waals surface area contributed by atoms with Gasteiger partial charge >= 0.3 is 8.56 Å². The molecule has 0 spiro atoms. The van der Waals surface area contributed by atoms with Crippen molar-refractivity contribution < 1.29 is 8.23 Å². The number of hydrogen-bond donors (Lipinski definition) is 0. The fraction of sp³-hybridized carbons (Fsp3) is 0.350. The number of nitriles is 1. The number of benzene rings is 2. The molecule has 2 aromatic carbocycles. The van der Waals surface area contributed by atoms with Crippen molar-refractivity contribution >= 4 is 30.4 Å². The lowest BCUT2D eigenvalue weighted by molar-refractivity contribution is 0.398. The largest absolute Gasteiger partial charge is 0.437 e. The summed E-state index contributed by atoms with van der Waals surface area (Å²) in [6.45, 7) is 15.4. The molecule has 0 radical (unpaired) electrons. The maximum Gasteiger partial charge on any atom is 0.311 e. The molecule has 0 saturated heterocycles. The summed E-state index contributed by atoms with van der Waals surface area (Å²) < 4.78 is 13.0. The molecule has 0 bridgehead atoms. The Labute approximate surface area is 161 Å². The molecule has 6 heteroatoms. The fourth-order valence-electron chi connectivity index (χ4n) is 3.23. The van der Waals surface area contributed by atoms with E-state index in [4.69, 9.17) is 13.5 Å². The highest BCUT2D eigenvalue weighted by Gasteiger charge is 2.38. The highest BCUT2D eigenvalue weighted by Crippen LogP contribution is 2.22. The lowest BCUT2D eigenvalue weighted by atomic mass is 10.0. The van der Waals surface area contributed by atoms with E-state index in [0.717, 1.165) is 11.1 Å². The first-order valence-electron chi connectivity index (χ1n) is 8.93. The second-order valence-corrected chi connectivity index (χ2v) is 20.7. The van der Waals surface area contributed by atoms with Crippen LogP contribution in [-0.4, -0.2) is 25.2 Å². The molecule has 0 aliphatic carbocycles. The number of nitrogens with zero attached hydrogens (tertiary/aromatic N) is 1. The SMILES string of the molecule is C[Si](C)(C)O[Si](C)(C)O[Si](C)(C)c1ccc(-c2ccc(C#N)cc2)cc1. The molecule has 26 heavy (non-hydrogen) atoms. The minimum Gasteiger partial charge on any atom is -0.437 e. The van der Waals surface area contributed by atoms with Gasteiger partial charge in [0.1, 0.15) is 0 Å². The van der Waals surface area contributed by atoms with Crippen molar-refractivity contribution in [1.29, 1.82) is 5.26 Å². The summed E-state index contributed by atoms with van der Waals surface area (Å²) in [5.74, 6) is 0. The molecule has 0 atom stereocenters. The molecule has 3 nitrogen and oxygen atoms in total. The van der Waals surface area contributed by atoms with Gasteiger partial charge in [0.15, 0.2) is 8.32 Å². The summed E-state index contributed by atoms with van der Waals surface area (Å²) >= 11 is 0. The van der Waals surface area contributed by atoms with E-state index < -0.39 is 25.2 Å². The first-order valence-corrected chi connectivity index (χ1v) is 18.1. The molecule has 0 N–H and O–H groups in total. The van der Waals surface area contributed by atoms with Gasteiger partial charge in [-0.05, 0) is 74.3 Å². The third-order valence-corrected chi connectivity index (χ3v) is 14.1. The summed E-state index contributed by atoms with van der Waals surface area (Å²) in [5.41, 5.74) is 2.95. The van der Waals surface area contributed by atoms with Crippen LogP contribution in [0.1, 0.15) is 5.56 Å². The van der Waals surface area contributed by atoms with E-state index in [2.05, 4.69) is 76.2 Å². The quantitative estimate of drug-likeness (QED) is 0.626. The van der Waals surface area contributed by atoms with Crippen molar-refractivity contribution in [2.45, 2.75) is 45.8 Å². The normalized spacial score (nSPS) is 12.7. The van der Waals surface area contributed by atoms with Crippen LogP contribution >= 0.6 is 0 Å². The van der Waals surface area contributed by atoms with Gasteiger partial charge in [-0.25, -0.2) is 0 Å². The molecule has 0 aliphatic heterocycles. The van der Waals surface area contributed by atoms with Crippen LogP contribution in [0.4, 0.5) is 0 Å². The topological polar surface area (TPSA) is 42.2 Å². The Morgan fingerprint density at radius 2 is 1.15 bits per heavy atom. The Morgan fingerprint density at radius 3 is 1.58 bits per heavy atom. The van der Waals surface area contributed by atoms with Crippen LogP contribution in [0.15, 0.2) is 48.5 Å². The summed E-state index contributed by atoms with van der Waals surface area (Å²) in [6.07, 6.45) is 0. The summed E-state index contributed by atoms with van der Waals surface area (Å²) in [7, 11) is -5.81. The zero-order valence-electron chi connectivity index (χ0n) is 16.9. The minimum absolute atomic E-state index is 0.682. The molecular weight excluding hydrogens is 370 g/mol. The zero-order valence-corrected chi connectivity index (χ0v) is 19.9. The Morgan fingerprint density at radius 1 is 0.692 bits per heavy atom. The predicted octanol–water partition coefficient (Wildman–Crippen LogP) is 5.21. The molecule has 0 heterocycles. The minimum atomic E-state index is -2.15. The van der Waals surface area contributed by atoms with E-state index in [9.17, 15) is 0 Å². The van der Waals surface area contributed by atoms with E-state index in [1.54, 1.807) is 0 Å². The molecule has 0 aromatic heterocycles. The van der Waals surface area contributed by atoms with Gasteiger partial charge in [-0.2, -0.15) is 5.26 Å². The van der Waals surface area contributed by atoms with Crippen molar-refractivity contribution in [3.8, 4) is 17.2 Å². The maximum atomic E-state index is 8.92. The summed E-state index contributed by atoms with van der Waals surface area (Å²) in [4.78, 5) is 0. The van der Waals surface area contributed by atoms with Gasteiger partial charge in [0.2, 0.25) is 8.32 Å². The average Bonchev–Trinajstić information content (AvgIpc) is 2.51. The van der Waals surface area contributed by atoms with Crippen LogP contribution in [0.2, 0.25) is 45.8 Å². The van der Waals surface area contributed by atoms with Crippen molar-refractivity contribution in [3.63, 3.8) is 0 Å². The Bertz CT molecular complexity index is 786. The Kier molecular flexibility index (Phi) is 6.10. The van der Waals surface area contributed by atoms with Gasteiger partial charge in [-0.15, -0.1) is 0 Å². The van der Waals surface area contributed by atoms with Crippen LogP contribution in [0.5, 0.6) is 0 Å².